The van der Waals surface area contributed by atoms with Gasteiger partial charge in [-0.1, -0.05) is 0 Å². The number of aliphatic carboxylic acids is 1. The number of rotatable bonds is 6. The lowest BCUT2D eigenvalue weighted by molar-refractivity contribution is -0.160. The average Bonchev–Trinajstić information content (AvgIpc) is 3.69. The summed E-state index contributed by atoms with van der Waals surface area (Å²) in [6.07, 6.45) is 4.42. The molecule has 1 atom stereocenters. The molecule has 2 aliphatic rings. The Morgan fingerprint density at radius 1 is 1.21 bits per heavy atom. The van der Waals surface area contributed by atoms with E-state index in [4.69, 9.17) is 14.5 Å². The summed E-state index contributed by atoms with van der Waals surface area (Å²) in [6.45, 7) is 8.16. The molecule has 196 valence electrons. The van der Waals surface area contributed by atoms with E-state index in [-0.39, 0.29) is 5.56 Å². The highest BCUT2D eigenvalue weighted by molar-refractivity contribution is 6.09. The smallest absolute Gasteiger partial charge is 0.337 e. The van der Waals surface area contributed by atoms with Crippen molar-refractivity contribution >= 4 is 27.8 Å². The second-order valence-corrected chi connectivity index (χ2v) is 11.5. The summed E-state index contributed by atoms with van der Waals surface area (Å²) in [5.74, 6) is 0.259. The fourth-order valence-corrected chi connectivity index (χ4v) is 5.78. The quantitative estimate of drug-likeness (QED) is 0.335. The fourth-order valence-electron chi connectivity index (χ4n) is 5.78. The topological polar surface area (TPSA) is 102 Å². The number of aromatic nitrogens is 2. The summed E-state index contributed by atoms with van der Waals surface area (Å²) in [7, 11) is 0. The highest BCUT2D eigenvalue weighted by Gasteiger charge is 2.35. The van der Waals surface area contributed by atoms with Gasteiger partial charge in [-0.05, 0) is 99.4 Å². The second kappa shape index (κ2) is 8.95. The van der Waals surface area contributed by atoms with Crippen LogP contribution in [0.2, 0.25) is 0 Å². The number of benzene rings is 2. The third-order valence-electron chi connectivity index (χ3n) is 7.60. The normalized spacial score (nSPS) is 16.0. The molecule has 0 radical (unpaired) electrons. The van der Waals surface area contributed by atoms with Crippen molar-refractivity contribution < 1.29 is 19.4 Å². The summed E-state index contributed by atoms with van der Waals surface area (Å²) in [5, 5.41) is 12.3. The van der Waals surface area contributed by atoms with Gasteiger partial charge in [-0.15, -0.1) is 0 Å². The van der Waals surface area contributed by atoms with E-state index in [0.29, 0.717) is 18.1 Å². The summed E-state index contributed by atoms with van der Waals surface area (Å²) in [6, 6.07) is 9.23. The zero-order valence-corrected chi connectivity index (χ0v) is 22.2. The van der Waals surface area contributed by atoms with Crippen LogP contribution in [0.3, 0.4) is 0 Å². The van der Waals surface area contributed by atoms with Gasteiger partial charge in [0.15, 0.2) is 6.10 Å². The molecule has 1 aliphatic heterocycles. The number of pyridine rings is 2. The molecule has 0 spiro atoms. The molecule has 0 bridgehead atoms. The predicted octanol–water partition coefficient (Wildman–Crippen LogP) is 5.88. The first-order valence-electron chi connectivity index (χ1n) is 13.2. The van der Waals surface area contributed by atoms with Gasteiger partial charge >= 0.3 is 5.97 Å². The molecule has 4 aromatic rings. The summed E-state index contributed by atoms with van der Waals surface area (Å²) >= 11 is 0. The Morgan fingerprint density at radius 2 is 2.00 bits per heavy atom. The first-order valence-corrected chi connectivity index (χ1v) is 13.2. The maximum Gasteiger partial charge on any atom is 0.337 e. The van der Waals surface area contributed by atoms with Gasteiger partial charge in [-0.3, -0.25) is 9.78 Å². The number of carbonyl (C=O) groups is 1. The van der Waals surface area contributed by atoms with Crippen LogP contribution in [0.15, 0.2) is 41.3 Å². The third-order valence-corrected chi connectivity index (χ3v) is 7.60. The lowest BCUT2D eigenvalue weighted by Gasteiger charge is -2.30. The Kier molecular flexibility index (Phi) is 5.80. The van der Waals surface area contributed by atoms with Crippen LogP contribution in [0.25, 0.3) is 32.9 Å². The number of aromatic amines is 1. The lowest BCUT2D eigenvalue weighted by Crippen LogP contribution is -2.28. The predicted molar refractivity (Wildman–Crippen MR) is 147 cm³/mol. The van der Waals surface area contributed by atoms with E-state index < -0.39 is 17.7 Å². The maximum atomic E-state index is 12.9. The first kappa shape index (κ1) is 24.6. The number of nitrogens with zero attached hydrogens (tertiary/aromatic N) is 1. The highest BCUT2D eigenvalue weighted by atomic mass is 16.5. The minimum Gasteiger partial charge on any atom is -0.493 e. The molecule has 7 nitrogen and oxygen atoms in total. The number of ether oxygens (including phenoxy) is 2. The molecule has 38 heavy (non-hydrogen) atoms. The van der Waals surface area contributed by atoms with Gasteiger partial charge in [0.25, 0.3) is 0 Å². The molecule has 0 unspecified atom stereocenters. The van der Waals surface area contributed by atoms with Crippen LogP contribution in [-0.2, 0) is 22.4 Å². The van der Waals surface area contributed by atoms with Crippen molar-refractivity contribution in [2.24, 2.45) is 5.92 Å². The fraction of sp³-hybridized carbons (Fsp3) is 0.387. The van der Waals surface area contributed by atoms with Gasteiger partial charge in [-0.2, -0.15) is 0 Å². The van der Waals surface area contributed by atoms with E-state index >= 15 is 0 Å². The van der Waals surface area contributed by atoms with Crippen LogP contribution < -0.4 is 10.3 Å². The number of hydrogen-bond acceptors (Lipinski definition) is 5. The van der Waals surface area contributed by atoms with Gasteiger partial charge in [0.1, 0.15) is 5.75 Å². The van der Waals surface area contributed by atoms with E-state index in [9.17, 15) is 14.7 Å². The van der Waals surface area contributed by atoms with E-state index in [0.717, 1.165) is 81.1 Å². The molecule has 2 aromatic carbocycles. The zero-order valence-electron chi connectivity index (χ0n) is 22.2. The van der Waals surface area contributed by atoms with Crippen LogP contribution in [0.1, 0.15) is 62.0 Å². The Bertz CT molecular complexity index is 1650. The van der Waals surface area contributed by atoms with Crippen LogP contribution >= 0.6 is 0 Å². The molecule has 3 heterocycles. The van der Waals surface area contributed by atoms with Gasteiger partial charge in [0.05, 0.1) is 23.2 Å². The monoisotopic (exact) mass is 512 g/mol. The number of hydrogen-bond donors (Lipinski definition) is 2. The van der Waals surface area contributed by atoms with Crippen molar-refractivity contribution in [2.45, 2.75) is 65.1 Å². The summed E-state index contributed by atoms with van der Waals surface area (Å²) in [5.41, 5.74) is 5.75. The zero-order chi connectivity index (χ0) is 26.8. The van der Waals surface area contributed by atoms with Gasteiger partial charge in [0.2, 0.25) is 5.56 Å². The number of nitrogens with one attached hydrogen (secondary N) is 1. The van der Waals surface area contributed by atoms with Crippen molar-refractivity contribution in [3.05, 3.63) is 69.1 Å². The molecule has 6 rings (SSSR count). The second-order valence-electron chi connectivity index (χ2n) is 11.5. The Morgan fingerprint density at radius 3 is 2.71 bits per heavy atom. The maximum absolute atomic E-state index is 12.9. The molecular formula is C31H32N2O5. The molecule has 1 fully saturated rings. The molecule has 2 N–H and O–H groups in total. The minimum atomic E-state index is -1.21. The lowest BCUT2D eigenvalue weighted by atomic mass is 9.83. The number of carboxylic acids is 1. The Balaban J connectivity index is 1.76. The number of fused-ring (bicyclic) bond motifs is 1. The standard InChI is InChI=1S/C31H32N2O5/c1-16-21(15-17-5-6-17)27-19(8-10-23(34)33-27)26(24(16)29(30(35)36)38-31(2,3)4)20-7-9-22-25-18(12-14-37-22)11-13-32-28(20)25/h7-11,13,17,29H,5-6,12,14-15H2,1-4H3,(H,33,34)(H,35,36)/t29-/m0/s1. The third kappa shape index (κ3) is 4.25. The van der Waals surface area contributed by atoms with E-state index in [2.05, 4.69) is 4.98 Å². The van der Waals surface area contributed by atoms with Crippen LogP contribution in [0, 0.1) is 12.8 Å². The first-order chi connectivity index (χ1) is 18.1. The van der Waals surface area contributed by atoms with Gasteiger partial charge < -0.3 is 19.6 Å². The molecular weight excluding hydrogens is 480 g/mol. The van der Waals surface area contributed by atoms with Crippen molar-refractivity contribution in [1.82, 2.24) is 9.97 Å². The minimum absolute atomic E-state index is 0.184. The van der Waals surface area contributed by atoms with E-state index in [1.54, 1.807) is 6.20 Å². The number of carboxylic acid groups (broad SMARTS) is 1. The average molecular weight is 513 g/mol. The van der Waals surface area contributed by atoms with E-state index in [1.165, 1.54) is 6.07 Å². The van der Waals surface area contributed by atoms with Gasteiger partial charge in [0, 0.05) is 40.6 Å². The summed E-state index contributed by atoms with van der Waals surface area (Å²) < 4.78 is 12.2. The van der Waals surface area contributed by atoms with Crippen LogP contribution in [-0.4, -0.2) is 33.3 Å². The molecule has 2 aromatic heterocycles. The van der Waals surface area contributed by atoms with Crippen molar-refractivity contribution in [2.75, 3.05) is 6.61 Å². The molecule has 1 aliphatic carbocycles. The SMILES string of the molecule is Cc1c([C@H](OC(C)(C)C)C(=O)O)c(-c2ccc3c4c(ccnc24)CCO3)c2ccc(=O)[nH]c2c1CC1CC1. The molecule has 0 saturated heterocycles. The highest BCUT2D eigenvalue weighted by Crippen LogP contribution is 2.47. The van der Waals surface area contributed by atoms with Crippen molar-refractivity contribution in [3.63, 3.8) is 0 Å². The largest absolute Gasteiger partial charge is 0.493 e. The van der Waals surface area contributed by atoms with Crippen molar-refractivity contribution in [1.29, 1.82) is 0 Å². The molecule has 7 heteroatoms. The van der Waals surface area contributed by atoms with Crippen LogP contribution in [0.5, 0.6) is 5.75 Å². The Hall–Kier alpha value is -3.71. The Labute approximate surface area is 220 Å². The van der Waals surface area contributed by atoms with E-state index in [1.807, 2.05) is 52.0 Å². The van der Waals surface area contributed by atoms with Gasteiger partial charge in [-0.25, -0.2) is 4.79 Å². The summed E-state index contributed by atoms with van der Waals surface area (Å²) in [4.78, 5) is 33.3. The molecule has 0 amide bonds. The molecule has 1 saturated carbocycles. The van der Waals surface area contributed by atoms with Crippen LogP contribution in [0.4, 0.5) is 0 Å². The van der Waals surface area contributed by atoms with Crippen molar-refractivity contribution in [3.8, 4) is 16.9 Å². The number of H-pyrrole nitrogens is 1.